The van der Waals surface area contributed by atoms with Crippen molar-refractivity contribution in [1.29, 1.82) is 0 Å². The highest BCUT2D eigenvalue weighted by Gasteiger charge is 2.28. The van der Waals surface area contributed by atoms with Gasteiger partial charge in [-0.2, -0.15) is 0 Å². The Bertz CT molecular complexity index is 2280. The molecule has 0 spiro atoms. The Hall–Kier alpha value is -5.94. The standard InChI is InChI=1S/C44H37N5/c1-43(2,32-14-9-12-30(26-32)38-16-5-7-22-45-38)34-18-20-36-37-21-19-35(29-41(37)49(40(36)28-34)42-47-24-11-25-48-42)44(3,4)33-15-10-13-31(27-33)39-17-6-8-23-46-39/h5-29H,1-4H3. The number of fused-ring (bicyclic) bond motifs is 3. The van der Waals surface area contributed by atoms with Crippen molar-refractivity contribution in [3.8, 4) is 28.5 Å². The third-order valence-corrected chi connectivity index (χ3v) is 10.1. The minimum atomic E-state index is -0.274. The van der Waals surface area contributed by atoms with E-state index in [1.165, 1.54) is 33.0 Å². The lowest BCUT2D eigenvalue weighted by atomic mass is 9.77. The average Bonchev–Trinajstić information content (AvgIpc) is 3.49. The summed E-state index contributed by atoms with van der Waals surface area (Å²) in [5.74, 6) is 0.654. The number of rotatable bonds is 7. The summed E-state index contributed by atoms with van der Waals surface area (Å²) in [5.41, 5.74) is 10.7. The molecular formula is C44H37N5. The minimum absolute atomic E-state index is 0.274. The minimum Gasteiger partial charge on any atom is -0.278 e. The van der Waals surface area contributed by atoms with Gasteiger partial charge in [-0.15, -0.1) is 0 Å². The van der Waals surface area contributed by atoms with E-state index >= 15 is 0 Å². The first kappa shape index (κ1) is 30.4. The first-order valence-electron chi connectivity index (χ1n) is 16.7. The van der Waals surface area contributed by atoms with E-state index in [4.69, 9.17) is 9.97 Å². The second-order valence-electron chi connectivity index (χ2n) is 13.7. The third-order valence-electron chi connectivity index (χ3n) is 10.1. The van der Waals surface area contributed by atoms with E-state index in [1.54, 1.807) is 0 Å². The van der Waals surface area contributed by atoms with Crippen LogP contribution in [-0.4, -0.2) is 24.5 Å². The van der Waals surface area contributed by atoms with E-state index in [1.807, 2.05) is 55.1 Å². The van der Waals surface area contributed by atoms with Gasteiger partial charge in [-0.3, -0.25) is 14.5 Å². The molecular weight excluding hydrogens is 599 g/mol. The van der Waals surface area contributed by atoms with Crippen LogP contribution in [0.25, 0.3) is 50.3 Å². The second-order valence-corrected chi connectivity index (χ2v) is 13.7. The predicted molar refractivity (Wildman–Crippen MR) is 200 cm³/mol. The van der Waals surface area contributed by atoms with Gasteiger partial charge in [0.05, 0.1) is 22.4 Å². The number of hydrogen-bond donors (Lipinski definition) is 0. The molecule has 49 heavy (non-hydrogen) atoms. The average molecular weight is 636 g/mol. The normalized spacial score (nSPS) is 12.1. The summed E-state index contributed by atoms with van der Waals surface area (Å²) in [6, 6.07) is 45.1. The Morgan fingerprint density at radius 1 is 0.408 bits per heavy atom. The number of nitrogens with zero attached hydrogens (tertiary/aromatic N) is 5. The van der Waals surface area contributed by atoms with Crippen LogP contribution in [0, 0.1) is 0 Å². The molecule has 0 aliphatic rings. The molecule has 8 aromatic rings. The van der Waals surface area contributed by atoms with Crippen molar-refractivity contribution in [2.24, 2.45) is 0 Å². The molecule has 0 bridgehead atoms. The summed E-state index contributed by atoms with van der Waals surface area (Å²) in [4.78, 5) is 18.7. The van der Waals surface area contributed by atoms with Crippen LogP contribution in [0.1, 0.15) is 49.9 Å². The summed E-state index contributed by atoms with van der Waals surface area (Å²) < 4.78 is 2.22. The van der Waals surface area contributed by atoms with Crippen molar-refractivity contribution >= 4 is 21.8 Å². The van der Waals surface area contributed by atoms with Crippen molar-refractivity contribution in [2.45, 2.75) is 38.5 Å². The monoisotopic (exact) mass is 635 g/mol. The van der Waals surface area contributed by atoms with Crippen LogP contribution in [0.3, 0.4) is 0 Å². The zero-order chi connectivity index (χ0) is 33.6. The Kier molecular flexibility index (Phi) is 7.41. The molecule has 0 N–H and O–H groups in total. The van der Waals surface area contributed by atoms with Gasteiger partial charge in [0.15, 0.2) is 0 Å². The van der Waals surface area contributed by atoms with Crippen molar-refractivity contribution in [3.05, 3.63) is 174 Å². The first-order chi connectivity index (χ1) is 23.8. The summed E-state index contributed by atoms with van der Waals surface area (Å²) in [6.45, 7) is 9.16. The number of aromatic nitrogens is 5. The van der Waals surface area contributed by atoms with Gasteiger partial charge >= 0.3 is 0 Å². The SMILES string of the molecule is CC(C)(c1cccc(-c2ccccn2)c1)c1ccc2c3ccc(C(C)(C)c4cccc(-c5ccccn5)c4)cc3n(-c3ncccn3)c2c1. The molecule has 5 heteroatoms. The Balaban J connectivity index is 1.27. The Morgan fingerprint density at radius 2 is 0.857 bits per heavy atom. The van der Waals surface area contributed by atoms with Crippen molar-refractivity contribution in [2.75, 3.05) is 0 Å². The van der Waals surface area contributed by atoms with Crippen LogP contribution in [0.4, 0.5) is 0 Å². The molecule has 0 saturated carbocycles. The van der Waals surface area contributed by atoms with Gasteiger partial charge in [0, 0.05) is 57.5 Å². The highest BCUT2D eigenvalue weighted by atomic mass is 15.1. The van der Waals surface area contributed by atoms with E-state index in [2.05, 4.69) is 139 Å². The molecule has 0 unspecified atom stereocenters. The van der Waals surface area contributed by atoms with Gasteiger partial charge < -0.3 is 0 Å². The first-order valence-corrected chi connectivity index (χ1v) is 16.7. The third kappa shape index (κ3) is 5.38. The van der Waals surface area contributed by atoms with Gasteiger partial charge in [-0.25, -0.2) is 9.97 Å². The lowest BCUT2D eigenvalue weighted by Gasteiger charge is -2.27. The fourth-order valence-electron chi connectivity index (χ4n) is 6.95. The van der Waals surface area contributed by atoms with Crippen molar-refractivity contribution < 1.29 is 0 Å². The maximum atomic E-state index is 4.75. The molecule has 0 radical (unpaired) electrons. The van der Waals surface area contributed by atoms with Crippen LogP contribution in [0.15, 0.2) is 152 Å². The molecule has 238 valence electrons. The van der Waals surface area contributed by atoms with Crippen molar-refractivity contribution in [3.63, 3.8) is 0 Å². The molecule has 5 nitrogen and oxygen atoms in total. The fourth-order valence-corrected chi connectivity index (χ4v) is 6.95. The van der Waals surface area contributed by atoms with Crippen molar-refractivity contribution in [1.82, 2.24) is 24.5 Å². The molecule has 0 saturated heterocycles. The lowest BCUT2D eigenvalue weighted by Crippen LogP contribution is -2.19. The number of pyridine rings is 2. The van der Waals surface area contributed by atoms with Gasteiger partial charge in [0.2, 0.25) is 5.95 Å². The largest absolute Gasteiger partial charge is 0.278 e. The fraction of sp³-hybridized carbons (Fsp3) is 0.136. The van der Waals surface area contributed by atoms with E-state index in [9.17, 15) is 0 Å². The molecule has 4 aromatic carbocycles. The molecule has 0 aliphatic heterocycles. The number of hydrogen-bond acceptors (Lipinski definition) is 4. The highest BCUT2D eigenvalue weighted by molar-refractivity contribution is 6.09. The van der Waals surface area contributed by atoms with E-state index in [0.29, 0.717) is 5.95 Å². The Labute approximate surface area is 287 Å². The zero-order valence-electron chi connectivity index (χ0n) is 28.2. The quantitative estimate of drug-likeness (QED) is 0.175. The summed E-state index contributed by atoms with van der Waals surface area (Å²) in [7, 11) is 0. The van der Waals surface area contributed by atoms with E-state index < -0.39 is 0 Å². The Morgan fingerprint density at radius 3 is 1.31 bits per heavy atom. The maximum absolute atomic E-state index is 4.75. The van der Waals surface area contributed by atoms with Gasteiger partial charge in [0.25, 0.3) is 0 Å². The molecule has 0 fully saturated rings. The summed E-state index contributed by atoms with van der Waals surface area (Å²) in [6.07, 6.45) is 7.32. The van der Waals surface area contributed by atoms with Crippen LogP contribution < -0.4 is 0 Å². The maximum Gasteiger partial charge on any atom is 0.234 e. The molecule has 0 aliphatic carbocycles. The van der Waals surface area contributed by atoms with Gasteiger partial charge in [-0.05, 0) is 76.9 Å². The highest BCUT2D eigenvalue weighted by Crippen LogP contribution is 2.41. The molecule has 4 aromatic heterocycles. The van der Waals surface area contributed by atoms with Crippen LogP contribution in [0.5, 0.6) is 0 Å². The van der Waals surface area contributed by atoms with Crippen LogP contribution >= 0.6 is 0 Å². The summed E-state index contributed by atoms with van der Waals surface area (Å²) in [5, 5.41) is 2.34. The topological polar surface area (TPSA) is 56.5 Å². The molecule has 0 atom stereocenters. The zero-order valence-corrected chi connectivity index (χ0v) is 28.2. The van der Waals surface area contributed by atoms with E-state index in [-0.39, 0.29) is 10.8 Å². The predicted octanol–water partition coefficient (Wildman–Crippen LogP) is 10.3. The number of benzene rings is 4. The van der Waals surface area contributed by atoms with Crippen LogP contribution in [-0.2, 0) is 10.8 Å². The second kappa shape index (κ2) is 11.9. The van der Waals surface area contributed by atoms with Crippen LogP contribution in [0.2, 0.25) is 0 Å². The van der Waals surface area contributed by atoms with E-state index in [0.717, 1.165) is 33.5 Å². The smallest absolute Gasteiger partial charge is 0.234 e. The molecule has 4 heterocycles. The lowest BCUT2D eigenvalue weighted by molar-refractivity contribution is 0.641. The van der Waals surface area contributed by atoms with Gasteiger partial charge in [0.1, 0.15) is 0 Å². The molecule has 0 amide bonds. The summed E-state index contributed by atoms with van der Waals surface area (Å²) >= 11 is 0. The van der Waals surface area contributed by atoms with Gasteiger partial charge in [-0.1, -0.05) is 100 Å². The molecule has 8 rings (SSSR count).